The molecule has 1 heterocycles. The fraction of sp³-hybridized carbons (Fsp3) is 0.769. The molecule has 4 nitrogen and oxygen atoms in total. The number of nitrogens with zero attached hydrogens (tertiary/aromatic N) is 2. The van der Waals surface area contributed by atoms with Crippen molar-refractivity contribution in [3.63, 3.8) is 0 Å². The molecule has 17 heavy (non-hydrogen) atoms. The fourth-order valence-electron chi connectivity index (χ4n) is 2.18. The molecule has 0 aliphatic rings. The van der Waals surface area contributed by atoms with E-state index in [1.54, 1.807) is 4.68 Å². The first-order valence-corrected chi connectivity index (χ1v) is 6.49. The second kappa shape index (κ2) is 5.43. The van der Waals surface area contributed by atoms with E-state index in [0.717, 1.165) is 25.2 Å². The maximum Gasteiger partial charge on any atom is 0.290 e. The first kappa shape index (κ1) is 13.9. The second-order valence-corrected chi connectivity index (χ2v) is 5.28. The van der Waals surface area contributed by atoms with Gasteiger partial charge in [0.2, 0.25) is 0 Å². The van der Waals surface area contributed by atoms with E-state index in [1.165, 1.54) is 0 Å². The summed E-state index contributed by atoms with van der Waals surface area (Å²) in [7, 11) is 0. The van der Waals surface area contributed by atoms with Crippen molar-refractivity contribution in [1.29, 1.82) is 0 Å². The van der Waals surface area contributed by atoms with Crippen LogP contribution < -0.4 is 11.3 Å². The average molecular weight is 239 g/mol. The Kier molecular flexibility index (Phi) is 4.43. The molecule has 0 radical (unpaired) electrons. The Bertz CT molecular complexity index is 427. The van der Waals surface area contributed by atoms with Gasteiger partial charge in [-0.15, -0.1) is 0 Å². The predicted octanol–water partition coefficient (Wildman–Crippen LogP) is 2.42. The number of hydrogen-bond donors (Lipinski definition) is 1. The highest BCUT2D eigenvalue weighted by atomic mass is 16.1. The van der Waals surface area contributed by atoms with Crippen LogP contribution >= 0.6 is 0 Å². The van der Waals surface area contributed by atoms with E-state index in [9.17, 15) is 4.79 Å². The maximum absolute atomic E-state index is 12.1. The van der Waals surface area contributed by atoms with Crippen LogP contribution in [-0.4, -0.2) is 9.36 Å². The molecule has 98 valence electrons. The van der Waals surface area contributed by atoms with Crippen LogP contribution in [-0.2, 0) is 13.1 Å². The molecule has 1 aromatic heterocycles. The minimum atomic E-state index is -0.0313. The maximum atomic E-state index is 12.1. The minimum absolute atomic E-state index is 0.0313. The van der Waals surface area contributed by atoms with E-state index in [-0.39, 0.29) is 11.5 Å². The zero-order chi connectivity index (χ0) is 13.2. The molecule has 0 spiro atoms. The summed E-state index contributed by atoms with van der Waals surface area (Å²) in [5.74, 6) is 0.869. The van der Waals surface area contributed by atoms with Gasteiger partial charge in [0.05, 0.1) is 5.69 Å². The second-order valence-electron chi connectivity index (χ2n) is 5.28. The van der Waals surface area contributed by atoms with Gasteiger partial charge >= 0.3 is 0 Å². The van der Waals surface area contributed by atoms with Crippen LogP contribution in [0.4, 0.5) is 5.69 Å². The van der Waals surface area contributed by atoms with Crippen LogP contribution in [0, 0.1) is 5.92 Å². The fourth-order valence-corrected chi connectivity index (χ4v) is 2.18. The van der Waals surface area contributed by atoms with Gasteiger partial charge in [0.1, 0.15) is 5.69 Å². The van der Waals surface area contributed by atoms with Gasteiger partial charge in [0.15, 0.2) is 0 Å². The third kappa shape index (κ3) is 2.73. The van der Waals surface area contributed by atoms with Crippen LogP contribution in [0.15, 0.2) is 4.79 Å². The first-order chi connectivity index (χ1) is 7.90. The largest absolute Gasteiger partial charge is 0.393 e. The smallest absolute Gasteiger partial charge is 0.290 e. The third-order valence-corrected chi connectivity index (χ3v) is 3.07. The van der Waals surface area contributed by atoms with E-state index in [4.69, 9.17) is 5.73 Å². The molecule has 0 atom stereocenters. The van der Waals surface area contributed by atoms with Crippen molar-refractivity contribution < 1.29 is 0 Å². The van der Waals surface area contributed by atoms with Gasteiger partial charge in [-0.05, 0) is 25.2 Å². The number of rotatable bonds is 5. The summed E-state index contributed by atoms with van der Waals surface area (Å²) in [4.78, 5) is 12.1. The standard InChI is InChI=1S/C13H25N3O/c1-6-15-12(10(4)5)11(14)13(17)16(15)8-7-9(2)3/h9-10H,6-8,14H2,1-5H3. The lowest BCUT2D eigenvalue weighted by Crippen LogP contribution is -2.24. The monoisotopic (exact) mass is 239 g/mol. The van der Waals surface area contributed by atoms with Gasteiger partial charge < -0.3 is 5.73 Å². The predicted molar refractivity (Wildman–Crippen MR) is 72.3 cm³/mol. The summed E-state index contributed by atoms with van der Waals surface area (Å²) in [6.07, 6.45) is 1.00. The quantitative estimate of drug-likeness (QED) is 0.858. The Hall–Kier alpha value is -1.19. The molecule has 2 N–H and O–H groups in total. The Morgan fingerprint density at radius 1 is 1.18 bits per heavy atom. The number of hydrogen-bond acceptors (Lipinski definition) is 2. The Balaban J connectivity index is 3.20. The molecule has 0 bridgehead atoms. The Morgan fingerprint density at radius 2 is 1.76 bits per heavy atom. The number of nitrogen functional groups attached to an aromatic ring is 1. The number of anilines is 1. The van der Waals surface area contributed by atoms with E-state index in [1.807, 2.05) is 4.68 Å². The summed E-state index contributed by atoms with van der Waals surface area (Å²) in [5.41, 5.74) is 7.30. The lowest BCUT2D eigenvalue weighted by atomic mass is 10.1. The summed E-state index contributed by atoms with van der Waals surface area (Å²) in [6, 6.07) is 0. The number of aromatic nitrogens is 2. The molecule has 1 aromatic rings. The van der Waals surface area contributed by atoms with Gasteiger partial charge in [-0.2, -0.15) is 0 Å². The minimum Gasteiger partial charge on any atom is -0.393 e. The summed E-state index contributed by atoms with van der Waals surface area (Å²) in [5, 5.41) is 0. The summed E-state index contributed by atoms with van der Waals surface area (Å²) in [6.45, 7) is 12.1. The van der Waals surface area contributed by atoms with E-state index >= 15 is 0 Å². The lowest BCUT2D eigenvalue weighted by Gasteiger charge is -2.15. The number of nitrogens with two attached hydrogens (primary N) is 1. The highest BCUT2D eigenvalue weighted by Gasteiger charge is 2.18. The van der Waals surface area contributed by atoms with Crippen molar-refractivity contribution in [1.82, 2.24) is 9.36 Å². The molecule has 1 rings (SSSR count). The van der Waals surface area contributed by atoms with Crippen molar-refractivity contribution >= 4 is 5.69 Å². The van der Waals surface area contributed by atoms with Crippen LogP contribution in [0.25, 0.3) is 0 Å². The van der Waals surface area contributed by atoms with Crippen molar-refractivity contribution in [2.24, 2.45) is 5.92 Å². The molecule has 0 unspecified atom stereocenters. The molecule has 0 aromatic carbocycles. The van der Waals surface area contributed by atoms with Gasteiger partial charge in [-0.3, -0.25) is 9.48 Å². The van der Waals surface area contributed by atoms with E-state index in [0.29, 0.717) is 11.6 Å². The molecule has 0 aliphatic carbocycles. The third-order valence-electron chi connectivity index (χ3n) is 3.07. The molecular formula is C13H25N3O. The van der Waals surface area contributed by atoms with Crippen molar-refractivity contribution in [2.45, 2.75) is 60.0 Å². The van der Waals surface area contributed by atoms with Crippen molar-refractivity contribution in [2.75, 3.05) is 5.73 Å². The summed E-state index contributed by atoms with van der Waals surface area (Å²) >= 11 is 0. The van der Waals surface area contributed by atoms with Crippen LogP contribution in [0.5, 0.6) is 0 Å². The molecule has 0 amide bonds. The lowest BCUT2D eigenvalue weighted by molar-refractivity contribution is 0.398. The molecule has 4 heteroatoms. The van der Waals surface area contributed by atoms with Crippen molar-refractivity contribution in [3.05, 3.63) is 16.0 Å². The Labute approximate surface area is 103 Å². The highest BCUT2D eigenvalue weighted by molar-refractivity contribution is 5.43. The van der Waals surface area contributed by atoms with Crippen LogP contribution in [0.2, 0.25) is 0 Å². The van der Waals surface area contributed by atoms with Crippen molar-refractivity contribution in [3.8, 4) is 0 Å². The molecule has 0 fully saturated rings. The van der Waals surface area contributed by atoms with Crippen LogP contribution in [0.1, 0.15) is 52.7 Å². The molecule has 0 saturated heterocycles. The molecule has 0 aliphatic heterocycles. The zero-order valence-electron chi connectivity index (χ0n) is 11.7. The SMILES string of the molecule is CCn1c(C(C)C)c(N)c(=O)n1CCC(C)C. The summed E-state index contributed by atoms with van der Waals surface area (Å²) < 4.78 is 3.83. The molecular weight excluding hydrogens is 214 g/mol. The molecule has 0 saturated carbocycles. The first-order valence-electron chi connectivity index (χ1n) is 6.49. The zero-order valence-corrected chi connectivity index (χ0v) is 11.7. The van der Waals surface area contributed by atoms with Gasteiger partial charge in [0.25, 0.3) is 5.56 Å². The topological polar surface area (TPSA) is 52.9 Å². The van der Waals surface area contributed by atoms with Gasteiger partial charge in [-0.1, -0.05) is 27.7 Å². The van der Waals surface area contributed by atoms with Gasteiger partial charge in [0, 0.05) is 13.1 Å². The van der Waals surface area contributed by atoms with Crippen LogP contribution in [0.3, 0.4) is 0 Å². The Morgan fingerprint density at radius 3 is 2.18 bits per heavy atom. The van der Waals surface area contributed by atoms with E-state index in [2.05, 4.69) is 34.6 Å². The average Bonchev–Trinajstić information content (AvgIpc) is 2.48. The normalized spacial score (nSPS) is 11.7. The van der Waals surface area contributed by atoms with E-state index < -0.39 is 0 Å². The highest BCUT2D eigenvalue weighted by Crippen LogP contribution is 2.20. The van der Waals surface area contributed by atoms with Gasteiger partial charge in [-0.25, -0.2) is 4.68 Å².